The summed E-state index contributed by atoms with van der Waals surface area (Å²) in [5.74, 6) is 2.66. The largest absolute Gasteiger partial charge is 0.351 e. The van der Waals surface area contributed by atoms with Gasteiger partial charge in [-0.25, -0.2) is 4.98 Å². The Labute approximate surface area is 126 Å². The van der Waals surface area contributed by atoms with Gasteiger partial charge < -0.3 is 10.2 Å². The Kier molecular flexibility index (Phi) is 2.77. The van der Waals surface area contributed by atoms with Gasteiger partial charge in [-0.2, -0.15) is 0 Å². The Morgan fingerprint density at radius 2 is 2.05 bits per heavy atom. The van der Waals surface area contributed by atoms with Gasteiger partial charge in [-0.3, -0.25) is 0 Å². The highest BCUT2D eigenvalue weighted by Gasteiger charge is 2.50. The zero-order chi connectivity index (χ0) is 14.6. The fourth-order valence-corrected chi connectivity index (χ4v) is 4.27. The zero-order valence-electron chi connectivity index (χ0n) is 13.1. The van der Waals surface area contributed by atoms with Crippen molar-refractivity contribution >= 4 is 16.7 Å². The van der Waals surface area contributed by atoms with Crippen molar-refractivity contribution in [2.24, 2.45) is 11.8 Å². The maximum absolute atomic E-state index is 4.99. The van der Waals surface area contributed by atoms with Crippen molar-refractivity contribution in [1.82, 2.24) is 10.3 Å². The lowest BCUT2D eigenvalue weighted by molar-refractivity contribution is 0.356. The van der Waals surface area contributed by atoms with E-state index in [9.17, 15) is 0 Å². The van der Waals surface area contributed by atoms with Crippen LogP contribution in [-0.4, -0.2) is 30.2 Å². The second-order valence-corrected chi connectivity index (χ2v) is 7.11. The number of fused-ring (bicyclic) bond motifs is 2. The second-order valence-electron chi connectivity index (χ2n) is 7.11. The average molecular weight is 281 g/mol. The lowest BCUT2D eigenvalue weighted by Crippen LogP contribution is -2.45. The predicted octanol–water partition coefficient (Wildman–Crippen LogP) is 2.98. The van der Waals surface area contributed by atoms with Crippen LogP contribution in [0, 0.1) is 18.8 Å². The van der Waals surface area contributed by atoms with Crippen molar-refractivity contribution in [3.05, 3.63) is 35.9 Å². The van der Waals surface area contributed by atoms with Crippen molar-refractivity contribution in [3.8, 4) is 0 Å². The Bertz CT molecular complexity index is 692. The predicted molar refractivity (Wildman–Crippen MR) is 87.8 cm³/mol. The number of nitrogens with one attached hydrogen (secondary N) is 1. The molecule has 2 aliphatic rings. The Morgan fingerprint density at radius 1 is 1.24 bits per heavy atom. The first kappa shape index (κ1) is 13.1. The van der Waals surface area contributed by atoms with E-state index in [0.717, 1.165) is 37.0 Å². The van der Waals surface area contributed by atoms with E-state index in [1.807, 2.05) is 0 Å². The molecule has 0 aliphatic carbocycles. The van der Waals surface area contributed by atoms with Crippen molar-refractivity contribution < 1.29 is 0 Å². The number of hydrogen-bond donors (Lipinski definition) is 1. The molecule has 0 spiro atoms. The molecule has 0 radical (unpaired) electrons. The summed E-state index contributed by atoms with van der Waals surface area (Å²) in [5.41, 5.74) is 2.56. The fourth-order valence-electron chi connectivity index (χ4n) is 4.27. The maximum Gasteiger partial charge on any atom is 0.132 e. The van der Waals surface area contributed by atoms with Crippen molar-refractivity contribution in [3.63, 3.8) is 0 Å². The Balaban J connectivity index is 1.81. The molecule has 110 valence electrons. The quantitative estimate of drug-likeness (QED) is 0.871. The highest BCUT2D eigenvalue weighted by atomic mass is 15.3. The van der Waals surface area contributed by atoms with E-state index >= 15 is 0 Å². The number of benzene rings is 1. The molecule has 2 fully saturated rings. The summed E-state index contributed by atoms with van der Waals surface area (Å²) in [7, 11) is 0. The van der Waals surface area contributed by atoms with Crippen molar-refractivity contribution in [2.75, 3.05) is 24.5 Å². The summed E-state index contributed by atoms with van der Waals surface area (Å²) in [4.78, 5) is 7.53. The van der Waals surface area contributed by atoms with Crippen LogP contribution in [-0.2, 0) is 0 Å². The third kappa shape index (κ3) is 1.87. The van der Waals surface area contributed by atoms with Crippen LogP contribution in [0.3, 0.4) is 0 Å². The smallest absolute Gasteiger partial charge is 0.132 e. The summed E-state index contributed by atoms with van der Waals surface area (Å²) in [6, 6.07) is 10.7. The van der Waals surface area contributed by atoms with Gasteiger partial charge in [0, 0.05) is 30.6 Å². The normalized spacial score (nSPS) is 27.3. The number of pyridine rings is 1. The van der Waals surface area contributed by atoms with E-state index in [2.05, 4.69) is 61.3 Å². The molecule has 2 unspecified atom stereocenters. The first-order valence-corrected chi connectivity index (χ1v) is 7.92. The first-order chi connectivity index (χ1) is 10.1. The molecule has 1 aromatic carbocycles. The number of hydrogen-bond acceptors (Lipinski definition) is 3. The molecule has 1 N–H and O–H groups in total. The Hall–Kier alpha value is -1.61. The van der Waals surface area contributed by atoms with E-state index in [-0.39, 0.29) is 5.54 Å². The SMILES string of the molecule is Cc1cc2ccccc2nc1N1CC2CNCC2C1(C)C. The molecule has 1 aromatic heterocycles. The molecule has 2 saturated heterocycles. The highest BCUT2D eigenvalue weighted by molar-refractivity contribution is 5.82. The third-order valence-corrected chi connectivity index (χ3v) is 5.50. The molecular formula is C18H23N3. The van der Waals surface area contributed by atoms with Gasteiger partial charge >= 0.3 is 0 Å². The lowest BCUT2D eigenvalue weighted by atomic mass is 9.85. The van der Waals surface area contributed by atoms with Gasteiger partial charge in [0.2, 0.25) is 0 Å². The van der Waals surface area contributed by atoms with Crippen LogP contribution < -0.4 is 10.2 Å². The summed E-state index contributed by atoms with van der Waals surface area (Å²) in [6.07, 6.45) is 0. The van der Waals surface area contributed by atoms with E-state index in [0.29, 0.717) is 0 Å². The monoisotopic (exact) mass is 281 g/mol. The van der Waals surface area contributed by atoms with E-state index in [1.54, 1.807) is 0 Å². The van der Waals surface area contributed by atoms with Crippen LogP contribution in [0.5, 0.6) is 0 Å². The average Bonchev–Trinajstić information content (AvgIpc) is 3.01. The number of aromatic nitrogens is 1. The molecule has 3 nitrogen and oxygen atoms in total. The van der Waals surface area contributed by atoms with Crippen molar-refractivity contribution in [2.45, 2.75) is 26.3 Å². The number of anilines is 1. The van der Waals surface area contributed by atoms with E-state index in [4.69, 9.17) is 4.98 Å². The van der Waals surface area contributed by atoms with Crippen LogP contribution in [0.25, 0.3) is 10.9 Å². The minimum Gasteiger partial charge on any atom is -0.351 e. The fraction of sp³-hybridized carbons (Fsp3) is 0.500. The minimum atomic E-state index is 0.175. The molecule has 3 heteroatoms. The highest BCUT2D eigenvalue weighted by Crippen LogP contribution is 2.43. The van der Waals surface area contributed by atoms with Crippen LogP contribution in [0.15, 0.2) is 30.3 Å². The summed E-state index contributed by atoms with van der Waals surface area (Å²) >= 11 is 0. The van der Waals surface area contributed by atoms with Gasteiger partial charge in [-0.05, 0) is 50.3 Å². The lowest BCUT2D eigenvalue weighted by Gasteiger charge is -2.37. The molecule has 0 saturated carbocycles. The minimum absolute atomic E-state index is 0.175. The van der Waals surface area contributed by atoms with E-state index < -0.39 is 0 Å². The van der Waals surface area contributed by atoms with Crippen molar-refractivity contribution in [1.29, 1.82) is 0 Å². The summed E-state index contributed by atoms with van der Waals surface area (Å²) < 4.78 is 0. The van der Waals surface area contributed by atoms with Gasteiger partial charge in [-0.15, -0.1) is 0 Å². The van der Waals surface area contributed by atoms with Crippen LogP contribution >= 0.6 is 0 Å². The molecule has 3 heterocycles. The van der Waals surface area contributed by atoms with Gasteiger partial charge in [0.15, 0.2) is 0 Å². The molecule has 21 heavy (non-hydrogen) atoms. The molecule has 2 aliphatic heterocycles. The number of rotatable bonds is 1. The summed E-state index contributed by atoms with van der Waals surface area (Å²) in [6.45, 7) is 10.4. The van der Waals surface area contributed by atoms with E-state index in [1.165, 1.54) is 16.8 Å². The van der Waals surface area contributed by atoms with Gasteiger partial charge in [-0.1, -0.05) is 18.2 Å². The van der Waals surface area contributed by atoms with Gasteiger partial charge in [0.25, 0.3) is 0 Å². The summed E-state index contributed by atoms with van der Waals surface area (Å²) in [5, 5.41) is 4.78. The molecule has 4 rings (SSSR count). The van der Waals surface area contributed by atoms with Crippen LogP contribution in [0.2, 0.25) is 0 Å². The molecule has 2 atom stereocenters. The second kappa shape index (κ2) is 4.44. The van der Waals surface area contributed by atoms with Gasteiger partial charge in [0.05, 0.1) is 5.52 Å². The number of nitrogens with zero attached hydrogens (tertiary/aromatic N) is 2. The number of aryl methyl sites for hydroxylation is 1. The molecule has 0 bridgehead atoms. The maximum atomic E-state index is 4.99. The molecular weight excluding hydrogens is 258 g/mol. The standard InChI is InChI=1S/C18H23N3/c1-12-8-13-6-4-5-7-16(13)20-17(12)21-11-14-9-19-10-15(14)18(21,2)3/h4-8,14-15,19H,9-11H2,1-3H3. The molecule has 2 aromatic rings. The first-order valence-electron chi connectivity index (χ1n) is 7.92. The van der Waals surface area contributed by atoms with Crippen LogP contribution in [0.4, 0.5) is 5.82 Å². The van der Waals surface area contributed by atoms with Gasteiger partial charge in [0.1, 0.15) is 5.82 Å². The topological polar surface area (TPSA) is 28.2 Å². The van der Waals surface area contributed by atoms with Crippen LogP contribution in [0.1, 0.15) is 19.4 Å². The number of para-hydroxylation sites is 1. The third-order valence-electron chi connectivity index (χ3n) is 5.50. The molecule has 0 amide bonds. The Morgan fingerprint density at radius 3 is 2.86 bits per heavy atom. The zero-order valence-corrected chi connectivity index (χ0v) is 13.1.